The number of rotatable bonds is 8. The number of amides is 1. The number of hydrogen-bond acceptors (Lipinski definition) is 6. The third-order valence-corrected chi connectivity index (χ3v) is 6.03. The number of aromatic nitrogens is 3. The summed E-state index contributed by atoms with van der Waals surface area (Å²) in [7, 11) is 0. The van der Waals surface area contributed by atoms with Crippen molar-refractivity contribution in [3.63, 3.8) is 0 Å². The molecule has 0 unspecified atom stereocenters. The second-order valence-corrected chi connectivity index (χ2v) is 8.48. The van der Waals surface area contributed by atoms with Crippen LogP contribution >= 0.6 is 23.4 Å². The molecule has 2 heterocycles. The fourth-order valence-electron chi connectivity index (χ4n) is 3.24. The highest BCUT2D eigenvalue weighted by atomic mass is 35.5. The molecule has 0 saturated carbocycles. The Morgan fingerprint density at radius 2 is 1.94 bits per heavy atom. The van der Waals surface area contributed by atoms with E-state index in [9.17, 15) is 4.79 Å². The minimum atomic E-state index is -0.204. The normalized spacial score (nSPS) is 12.8. The van der Waals surface area contributed by atoms with Crippen molar-refractivity contribution in [2.24, 2.45) is 0 Å². The quantitative estimate of drug-likeness (QED) is 0.383. The molecule has 1 aromatic heterocycles. The van der Waals surface area contributed by atoms with Gasteiger partial charge in [0, 0.05) is 31.5 Å². The summed E-state index contributed by atoms with van der Waals surface area (Å²) in [6, 6.07) is 13.4. The first-order valence-electron chi connectivity index (χ1n) is 10.2. The zero-order chi connectivity index (χ0) is 22.3. The lowest BCUT2D eigenvalue weighted by molar-refractivity contribution is -0.113. The molecule has 1 aliphatic rings. The van der Waals surface area contributed by atoms with Crippen molar-refractivity contribution in [2.75, 3.05) is 24.3 Å². The first kappa shape index (κ1) is 22.2. The predicted molar refractivity (Wildman–Crippen MR) is 126 cm³/mol. The topological polar surface area (TPSA) is 78.3 Å². The summed E-state index contributed by atoms with van der Waals surface area (Å²) in [5.74, 6) is 1.94. The van der Waals surface area contributed by atoms with Crippen LogP contribution in [0.1, 0.15) is 17.8 Å². The second-order valence-electron chi connectivity index (χ2n) is 7.13. The Labute approximate surface area is 195 Å². The van der Waals surface area contributed by atoms with E-state index in [0.717, 1.165) is 17.8 Å². The number of halogens is 1. The summed E-state index contributed by atoms with van der Waals surface area (Å²) in [4.78, 5) is 12.6. The van der Waals surface area contributed by atoms with Gasteiger partial charge < -0.3 is 19.4 Å². The van der Waals surface area contributed by atoms with Crippen LogP contribution in [0.3, 0.4) is 0 Å². The lowest BCUT2D eigenvalue weighted by Crippen LogP contribution is -2.15. The number of ether oxygens (including phenoxy) is 2. The molecule has 9 heteroatoms. The van der Waals surface area contributed by atoms with Crippen LogP contribution < -0.4 is 14.8 Å². The van der Waals surface area contributed by atoms with E-state index in [2.05, 4.69) is 22.1 Å². The van der Waals surface area contributed by atoms with Crippen molar-refractivity contribution in [1.29, 1.82) is 0 Å². The van der Waals surface area contributed by atoms with E-state index in [1.807, 2.05) is 34.9 Å². The molecule has 7 nitrogen and oxygen atoms in total. The number of hydrogen-bond donors (Lipinski definition) is 1. The zero-order valence-corrected chi connectivity index (χ0v) is 19.0. The van der Waals surface area contributed by atoms with Gasteiger partial charge in [0.15, 0.2) is 16.7 Å². The first-order chi connectivity index (χ1) is 15.6. The van der Waals surface area contributed by atoms with E-state index in [0.29, 0.717) is 53.5 Å². The van der Waals surface area contributed by atoms with Crippen molar-refractivity contribution in [1.82, 2.24) is 14.8 Å². The number of carbonyl (C=O) groups excluding carboxylic acids is 1. The average Bonchev–Trinajstić information content (AvgIpc) is 3.01. The minimum absolute atomic E-state index is 0.158. The molecule has 1 N–H and O–H groups in total. The van der Waals surface area contributed by atoms with Crippen LogP contribution in [0, 0.1) is 0 Å². The molecule has 0 aliphatic carbocycles. The van der Waals surface area contributed by atoms with Crippen molar-refractivity contribution in [3.05, 3.63) is 71.5 Å². The molecule has 2 aromatic carbocycles. The molecule has 1 aliphatic heterocycles. The molecule has 1 amide bonds. The highest BCUT2D eigenvalue weighted by molar-refractivity contribution is 7.99. The van der Waals surface area contributed by atoms with Gasteiger partial charge in [-0.15, -0.1) is 16.8 Å². The lowest BCUT2D eigenvalue weighted by Gasteiger charge is -2.12. The number of thioether (sulfide) groups is 1. The van der Waals surface area contributed by atoms with Crippen LogP contribution in [-0.4, -0.2) is 39.6 Å². The monoisotopic (exact) mass is 470 g/mol. The molecule has 0 radical (unpaired) electrons. The smallest absolute Gasteiger partial charge is 0.234 e. The van der Waals surface area contributed by atoms with Crippen LogP contribution in [0.2, 0.25) is 5.02 Å². The van der Waals surface area contributed by atoms with Gasteiger partial charge in [0.05, 0.1) is 29.7 Å². The minimum Gasteiger partial charge on any atom is -0.490 e. The Kier molecular flexibility index (Phi) is 7.34. The molecule has 166 valence electrons. The van der Waals surface area contributed by atoms with E-state index < -0.39 is 0 Å². The average molecular weight is 471 g/mol. The van der Waals surface area contributed by atoms with E-state index in [1.54, 1.807) is 18.2 Å². The van der Waals surface area contributed by atoms with Crippen LogP contribution in [0.15, 0.2) is 60.3 Å². The molecule has 0 bridgehead atoms. The largest absolute Gasteiger partial charge is 0.490 e. The maximum absolute atomic E-state index is 12.6. The summed E-state index contributed by atoms with van der Waals surface area (Å²) in [5, 5.41) is 12.5. The van der Waals surface area contributed by atoms with Crippen molar-refractivity contribution in [3.8, 4) is 11.5 Å². The second kappa shape index (κ2) is 10.6. The standard InChI is InChI=1S/C23H23ClN4O3S/c1-2-9-28-21(12-16-7-4-3-5-8-16)26-27-23(28)32-15-22(29)25-18-14-20-19(13-17(18)24)30-10-6-11-31-20/h2-5,7-8,13-14H,1,6,9-12,15H2,(H,25,29). The molecule has 0 saturated heterocycles. The Bertz CT molecular complexity index is 1100. The lowest BCUT2D eigenvalue weighted by atomic mass is 10.1. The molecule has 0 fully saturated rings. The van der Waals surface area contributed by atoms with Gasteiger partial charge in [0.2, 0.25) is 5.91 Å². The molecule has 0 spiro atoms. The summed E-state index contributed by atoms with van der Waals surface area (Å²) < 4.78 is 13.3. The summed E-state index contributed by atoms with van der Waals surface area (Å²) in [6.07, 6.45) is 3.24. The maximum Gasteiger partial charge on any atom is 0.234 e. The number of nitrogens with one attached hydrogen (secondary N) is 1. The molecular formula is C23H23ClN4O3S. The van der Waals surface area contributed by atoms with Gasteiger partial charge >= 0.3 is 0 Å². The van der Waals surface area contributed by atoms with E-state index >= 15 is 0 Å². The van der Waals surface area contributed by atoms with Crippen molar-refractivity contribution >= 4 is 35.0 Å². The van der Waals surface area contributed by atoms with Crippen LogP contribution in [0.25, 0.3) is 0 Å². The first-order valence-corrected chi connectivity index (χ1v) is 11.6. The van der Waals surface area contributed by atoms with E-state index in [-0.39, 0.29) is 11.7 Å². The Morgan fingerprint density at radius 3 is 2.69 bits per heavy atom. The molecule has 4 rings (SSSR count). The van der Waals surface area contributed by atoms with Crippen LogP contribution in [-0.2, 0) is 17.8 Å². The highest BCUT2D eigenvalue weighted by Gasteiger charge is 2.17. The Morgan fingerprint density at radius 1 is 1.19 bits per heavy atom. The van der Waals surface area contributed by atoms with E-state index in [4.69, 9.17) is 21.1 Å². The molecule has 32 heavy (non-hydrogen) atoms. The Hall–Kier alpha value is -2.97. The van der Waals surface area contributed by atoms with Crippen LogP contribution in [0.4, 0.5) is 5.69 Å². The molecule has 3 aromatic rings. The highest BCUT2D eigenvalue weighted by Crippen LogP contribution is 2.37. The number of benzene rings is 2. The van der Waals surface area contributed by atoms with Gasteiger partial charge in [-0.25, -0.2) is 0 Å². The third kappa shape index (κ3) is 5.44. The fraction of sp³-hybridized carbons (Fsp3) is 0.261. The SMILES string of the molecule is C=CCn1c(Cc2ccccc2)nnc1SCC(=O)Nc1cc2c(cc1Cl)OCCCO2. The van der Waals surface area contributed by atoms with E-state index in [1.165, 1.54) is 11.8 Å². The van der Waals surface area contributed by atoms with Gasteiger partial charge in [-0.1, -0.05) is 59.8 Å². The number of anilines is 1. The van der Waals surface area contributed by atoms with Crippen LogP contribution in [0.5, 0.6) is 11.5 Å². The fourth-order valence-corrected chi connectivity index (χ4v) is 4.21. The van der Waals surface area contributed by atoms with Crippen molar-refractivity contribution in [2.45, 2.75) is 24.5 Å². The molecule has 0 atom stereocenters. The van der Waals surface area contributed by atoms with Gasteiger partial charge in [-0.2, -0.15) is 0 Å². The summed E-state index contributed by atoms with van der Waals surface area (Å²) in [5.41, 5.74) is 1.63. The maximum atomic E-state index is 12.6. The van der Waals surface area contributed by atoms with Crippen molar-refractivity contribution < 1.29 is 14.3 Å². The van der Waals surface area contributed by atoms with Gasteiger partial charge in [0.1, 0.15) is 5.82 Å². The summed E-state index contributed by atoms with van der Waals surface area (Å²) >= 11 is 7.64. The van der Waals surface area contributed by atoms with Gasteiger partial charge in [0.25, 0.3) is 0 Å². The third-order valence-electron chi connectivity index (χ3n) is 4.75. The number of carbonyl (C=O) groups is 1. The van der Waals surface area contributed by atoms with Gasteiger partial charge in [-0.3, -0.25) is 4.79 Å². The number of nitrogens with zero attached hydrogens (tertiary/aromatic N) is 3. The summed E-state index contributed by atoms with van der Waals surface area (Å²) in [6.45, 7) is 5.52. The number of allylic oxidation sites excluding steroid dienone is 1. The Balaban J connectivity index is 1.42. The number of fused-ring (bicyclic) bond motifs is 1. The molecular weight excluding hydrogens is 448 g/mol. The van der Waals surface area contributed by atoms with Gasteiger partial charge in [-0.05, 0) is 5.56 Å². The predicted octanol–water partition coefficient (Wildman–Crippen LogP) is 4.60. The zero-order valence-electron chi connectivity index (χ0n) is 17.4.